The number of hydrogen-bond acceptors (Lipinski definition) is 3. The molecule has 5 nitrogen and oxygen atoms in total. The van der Waals surface area contributed by atoms with Crippen LogP contribution in [0.15, 0.2) is 12.2 Å². The number of nitrogens with two attached hydrogens (primary N) is 2. The second-order valence-electron chi connectivity index (χ2n) is 1.90. The normalized spacial score (nSPS) is 7.50. The molecule has 0 unspecified atom stereocenters. The van der Waals surface area contributed by atoms with Gasteiger partial charge in [-0.25, -0.2) is 4.79 Å². The second-order valence-corrected chi connectivity index (χ2v) is 1.90. The molecule has 5 heteroatoms. The van der Waals surface area contributed by atoms with E-state index in [1.165, 1.54) is 0 Å². The van der Waals surface area contributed by atoms with Crippen LogP contribution in [0.3, 0.4) is 0 Å². The Balaban J connectivity index is 0. The molecule has 0 heterocycles. The Kier molecular flexibility index (Phi) is 8.28. The Bertz CT molecular complexity index is 165. The Morgan fingerprint density at radius 3 is 1.75 bits per heavy atom. The largest absolute Gasteiger partial charge is 0.450 e. The van der Waals surface area contributed by atoms with Crippen molar-refractivity contribution in [1.82, 2.24) is 0 Å². The lowest BCUT2D eigenvalue weighted by atomic mass is 10.3. The highest BCUT2D eigenvalue weighted by Crippen LogP contribution is 1.78. The van der Waals surface area contributed by atoms with Gasteiger partial charge in [0, 0.05) is 5.57 Å². The first-order chi connectivity index (χ1) is 5.41. The van der Waals surface area contributed by atoms with Crippen LogP contribution in [-0.2, 0) is 9.53 Å². The van der Waals surface area contributed by atoms with Crippen molar-refractivity contribution in [2.24, 2.45) is 11.5 Å². The fourth-order valence-electron chi connectivity index (χ4n) is 0.142. The van der Waals surface area contributed by atoms with E-state index in [9.17, 15) is 9.59 Å². The van der Waals surface area contributed by atoms with Gasteiger partial charge in [0.15, 0.2) is 0 Å². The van der Waals surface area contributed by atoms with Crippen molar-refractivity contribution < 1.29 is 14.3 Å². The standard InChI is InChI=1S/C4H7NO.C3H7NO2/c1-3(2)4(5)6;1-2-6-3(4)5/h1H2,2H3,(H2,5,6);2H2,1H3,(H2,4,5). The molecular weight excluding hydrogens is 160 g/mol. The molecule has 0 aliphatic carbocycles. The summed E-state index contributed by atoms with van der Waals surface area (Å²) in [6.07, 6.45) is -0.711. The van der Waals surface area contributed by atoms with E-state index in [-0.39, 0.29) is 0 Å². The SMILES string of the molecule is C=C(C)C(N)=O.CCOC(N)=O. The molecule has 4 N–H and O–H groups in total. The van der Waals surface area contributed by atoms with Crippen molar-refractivity contribution in [1.29, 1.82) is 0 Å². The molecule has 70 valence electrons. The topological polar surface area (TPSA) is 95.4 Å². The van der Waals surface area contributed by atoms with Crippen LogP contribution in [0.25, 0.3) is 0 Å². The average molecular weight is 174 g/mol. The number of amides is 2. The molecule has 0 radical (unpaired) electrons. The zero-order valence-electron chi connectivity index (χ0n) is 7.29. The summed E-state index contributed by atoms with van der Waals surface area (Å²) >= 11 is 0. The van der Waals surface area contributed by atoms with Crippen LogP contribution in [-0.4, -0.2) is 18.6 Å². The minimum absolute atomic E-state index is 0.356. The summed E-state index contributed by atoms with van der Waals surface area (Å²) in [7, 11) is 0. The maximum Gasteiger partial charge on any atom is 0.404 e. The Labute approximate surface area is 71.4 Å². The quantitative estimate of drug-likeness (QED) is 0.583. The average Bonchev–Trinajstić information content (AvgIpc) is 1.87. The summed E-state index contributed by atoms with van der Waals surface area (Å²) in [4.78, 5) is 19.4. The second kappa shape index (κ2) is 7.59. The molecule has 0 aromatic heterocycles. The first kappa shape index (κ1) is 13.1. The van der Waals surface area contributed by atoms with Crippen molar-refractivity contribution >= 4 is 12.0 Å². The van der Waals surface area contributed by atoms with Gasteiger partial charge in [0.05, 0.1) is 6.61 Å². The van der Waals surface area contributed by atoms with E-state index < -0.39 is 12.0 Å². The van der Waals surface area contributed by atoms with E-state index in [0.717, 1.165) is 0 Å². The van der Waals surface area contributed by atoms with E-state index in [0.29, 0.717) is 12.2 Å². The van der Waals surface area contributed by atoms with E-state index in [1.54, 1.807) is 13.8 Å². The van der Waals surface area contributed by atoms with Crippen LogP contribution >= 0.6 is 0 Å². The summed E-state index contributed by atoms with van der Waals surface area (Å²) in [5.41, 5.74) is 9.64. The smallest absolute Gasteiger partial charge is 0.404 e. The van der Waals surface area contributed by atoms with Gasteiger partial charge in [0.2, 0.25) is 5.91 Å². The number of carbonyl (C=O) groups is 2. The molecule has 0 atom stereocenters. The van der Waals surface area contributed by atoms with Crippen LogP contribution in [0.2, 0.25) is 0 Å². The number of primary amides is 2. The maximum absolute atomic E-state index is 9.82. The third kappa shape index (κ3) is 15.8. The van der Waals surface area contributed by atoms with Crippen LogP contribution in [0.1, 0.15) is 13.8 Å². The zero-order valence-corrected chi connectivity index (χ0v) is 7.29. The molecule has 0 spiro atoms. The molecule has 0 saturated heterocycles. The number of carbonyl (C=O) groups excluding carboxylic acids is 2. The first-order valence-electron chi connectivity index (χ1n) is 3.29. The highest BCUT2D eigenvalue weighted by Gasteiger charge is 1.86. The van der Waals surface area contributed by atoms with Gasteiger partial charge in [-0.2, -0.15) is 0 Å². The molecule has 0 rings (SSSR count). The summed E-state index contributed by atoms with van der Waals surface area (Å²) < 4.78 is 4.18. The molecular formula is C7H14N2O3. The Hall–Kier alpha value is -1.52. The predicted molar refractivity (Wildman–Crippen MR) is 45.2 cm³/mol. The molecule has 0 bridgehead atoms. The number of ether oxygens (including phenoxy) is 1. The molecule has 2 amide bonds. The summed E-state index contributed by atoms with van der Waals surface area (Å²) in [6, 6.07) is 0. The van der Waals surface area contributed by atoms with Crippen LogP contribution in [0.4, 0.5) is 4.79 Å². The molecule has 0 aromatic carbocycles. The van der Waals surface area contributed by atoms with Gasteiger partial charge in [-0.3, -0.25) is 4.79 Å². The lowest BCUT2D eigenvalue weighted by Crippen LogP contribution is -2.11. The minimum atomic E-state index is -0.711. The Morgan fingerprint density at radius 1 is 1.42 bits per heavy atom. The number of rotatable bonds is 2. The summed E-state index contributed by atoms with van der Waals surface area (Å²) in [5.74, 6) is -0.435. The van der Waals surface area contributed by atoms with E-state index in [2.05, 4.69) is 17.0 Å². The van der Waals surface area contributed by atoms with Crippen LogP contribution in [0.5, 0.6) is 0 Å². The van der Waals surface area contributed by atoms with Gasteiger partial charge in [0.1, 0.15) is 0 Å². The van der Waals surface area contributed by atoms with Gasteiger partial charge >= 0.3 is 6.09 Å². The molecule has 0 aliphatic heterocycles. The van der Waals surface area contributed by atoms with E-state index in [1.807, 2.05) is 0 Å². The van der Waals surface area contributed by atoms with Gasteiger partial charge < -0.3 is 16.2 Å². The maximum atomic E-state index is 9.82. The van der Waals surface area contributed by atoms with Crippen molar-refractivity contribution in [3.05, 3.63) is 12.2 Å². The van der Waals surface area contributed by atoms with Crippen molar-refractivity contribution in [3.8, 4) is 0 Å². The van der Waals surface area contributed by atoms with Crippen LogP contribution in [0, 0.1) is 0 Å². The third-order valence-corrected chi connectivity index (χ3v) is 0.707. The fraction of sp³-hybridized carbons (Fsp3) is 0.429. The molecule has 0 fully saturated rings. The van der Waals surface area contributed by atoms with Gasteiger partial charge in [-0.1, -0.05) is 6.58 Å². The van der Waals surface area contributed by atoms with Gasteiger partial charge in [-0.05, 0) is 13.8 Å². The fourth-order valence-corrected chi connectivity index (χ4v) is 0.142. The Morgan fingerprint density at radius 2 is 1.75 bits per heavy atom. The first-order valence-corrected chi connectivity index (χ1v) is 3.29. The lowest BCUT2D eigenvalue weighted by molar-refractivity contribution is -0.114. The highest BCUT2D eigenvalue weighted by atomic mass is 16.5. The van der Waals surface area contributed by atoms with Crippen LogP contribution < -0.4 is 11.5 Å². The summed E-state index contributed by atoms with van der Waals surface area (Å²) in [6.45, 7) is 6.91. The minimum Gasteiger partial charge on any atom is -0.450 e. The monoisotopic (exact) mass is 174 g/mol. The van der Waals surface area contributed by atoms with Crippen molar-refractivity contribution in [3.63, 3.8) is 0 Å². The number of hydrogen-bond donors (Lipinski definition) is 2. The highest BCUT2D eigenvalue weighted by molar-refractivity contribution is 5.90. The summed E-state index contributed by atoms with van der Waals surface area (Å²) in [5, 5.41) is 0. The van der Waals surface area contributed by atoms with Gasteiger partial charge in [-0.15, -0.1) is 0 Å². The van der Waals surface area contributed by atoms with Crippen molar-refractivity contribution in [2.45, 2.75) is 13.8 Å². The molecule has 0 saturated carbocycles. The lowest BCUT2D eigenvalue weighted by Gasteiger charge is -1.89. The van der Waals surface area contributed by atoms with Crippen molar-refractivity contribution in [2.75, 3.05) is 6.61 Å². The van der Waals surface area contributed by atoms with Gasteiger partial charge in [0.25, 0.3) is 0 Å². The molecule has 0 aromatic rings. The molecule has 0 aliphatic rings. The van der Waals surface area contributed by atoms with E-state index in [4.69, 9.17) is 5.73 Å². The third-order valence-electron chi connectivity index (χ3n) is 0.707. The van der Waals surface area contributed by atoms with E-state index >= 15 is 0 Å². The molecule has 12 heavy (non-hydrogen) atoms. The zero-order chi connectivity index (χ0) is 10.1. The predicted octanol–water partition coefficient (Wildman–Crippen LogP) is 0.149.